The van der Waals surface area contributed by atoms with E-state index in [2.05, 4.69) is 20.9 Å². The van der Waals surface area contributed by atoms with Crippen molar-refractivity contribution in [1.82, 2.24) is 4.98 Å². The second kappa shape index (κ2) is 3.22. The van der Waals surface area contributed by atoms with E-state index >= 15 is 0 Å². The van der Waals surface area contributed by atoms with E-state index in [0.29, 0.717) is 16.3 Å². The molecule has 0 unspecified atom stereocenters. The van der Waals surface area contributed by atoms with Crippen LogP contribution in [0.25, 0.3) is 22.1 Å². The van der Waals surface area contributed by atoms with Crippen LogP contribution >= 0.6 is 27.5 Å². The van der Waals surface area contributed by atoms with Crippen molar-refractivity contribution >= 4 is 49.6 Å². The molecule has 0 aliphatic carbocycles. The number of halogens is 2. The van der Waals surface area contributed by atoms with Gasteiger partial charge in [0, 0.05) is 21.4 Å². The molecule has 0 fully saturated rings. The average molecular weight is 283 g/mol. The molecule has 0 aliphatic heterocycles. The van der Waals surface area contributed by atoms with Gasteiger partial charge in [-0.1, -0.05) is 27.5 Å². The summed E-state index contributed by atoms with van der Waals surface area (Å²) in [7, 11) is 0. The summed E-state index contributed by atoms with van der Waals surface area (Å²) in [6.45, 7) is 0. The molecule has 0 radical (unpaired) electrons. The highest BCUT2D eigenvalue weighted by atomic mass is 79.9. The lowest BCUT2D eigenvalue weighted by atomic mass is 10.2. The standard InChI is InChI=1S/C11H5BrClNO/c12-7-3-4-8(13)10-9(7)6-2-1-5-14-11(6)15-10/h1-5H. The summed E-state index contributed by atoms with van der Waals surface area (Å²) in [5, 5.41) is 2.55. The van der Waals surface area contributed by atoms with E-state index in [-0.39, 0.29) is 0 Å². The van der Waals surface area contributed by atoms with Crippen LogP contribution in [0, 0.1) is 0 Å². The third-order valence-electron chi connectivity index (χ3n) is 2.30. The van der Waals surface area contributed by atoms with Gasteiger partial charge in [-0.3, -0.25) is 0 Å². The summed E-state index contributed by atoms with van der Waals surface area (Å²) >= 11 is 9.54. The fourth-order valence-electron chi connectivity index (χ4n) is 1.64. The lowest BCUT2D eigenvalue weighted by molar-refractivity contribution is 0.654. The van der Waals surface area contributed by atoms with Gasteiger partial charge in [-0.05, 0) is 24.3 Å². The van der Waals surface area contributed by atoms with Crippen LogP contribution in [0.15, 0.2) is 39.4 Å². The number of nitrogens with zero attached hydrogens (tertiary/aromatic N) is 1. The van der Waals surface area contributed by atoms with Crippen LogP contribution in [0.4, 0.5) is 0 Å². The van der Waals surface area contributed by atoms with Crippen molar-refractivity contribution in [2.45, 2.75) is 0 Å². The molecule has 0 N–H and O–H groups in total. The predicted molar refractivity (Wildman–Crippen MR) is 64.2 cm³/mol. The van der Waals surface area contributed by atoms with Crippen LogP contribution in [0.3, 0.4) is 0 Å². The van der Waals surface area contributed by atoms with E-state index in [1.54, 1.807) is 12.3 Å². The highest BCUT2D eigenvalue weighted by Gasteiger charge is 2.12. The maximum atomic E-state index is 6.06. The van der Waals surface area contributed by atoms with Crippen molar-refractivity contribution < 1.29 is 4.42 Å². The zero-order chi connectivity index (χ0) is 10.4. The van der Waals surface area contributed by atoms with Gasteiger partial charge >= 0.3 is 0 Å². The Morgan fingerprint density at radius 1 is 1.27 bits per heavy atom. The number of hydrogen-bond donors (Lipinski definition) is 0. The Balaban J connectivity index is 2.66. The number of rotatable bonds is 0. The minimum Gasteiger partial charge on any atom is -0.436 e. The topological polar surface area (TPSA) is 26.0 Å². The molecule has 0 bridgehead atoms. The molecule has 2 heterocycles. The number of hydrogen-bond acceptors (Lipinski definition) is 2. The van der Waals surface area contributed by atoms with Crippen LogP contribution in [-0.2, 0) is 0 Å². The molecule has 1 aromatic carbocycles. The largest absolute Gasteiger partial charge is 0.436 e. The van der Waals surface area contributed by atoms with Crippen molar-refractivity contribution in [1.29, 1.82) is 0 Å². The molecule has 0 atom stereocenters. The molecule has 2 nitrogen and oxygen atoms in total. The minimum absolute atomic E-state index is 0.603. The Morgan fingerprint density at radius 2 is 2.13 bits per heavy atom. The first-order chi connectivity index (χ1) is 7.27. The maximum Gasteiger partial charge on any atom is 0.227 e. The summed E-state index contributed by atoms with van der Waals surface area (Å²) < 4.78 is 6.56. The van der Waals surface area contributed by atoms with E-state index in [1.807, 2.05) is 18.2 Å². The number of aromatic nitrogens is 1. The van der Waals surface area contributed by atoms with Gasteiger partial charge in [-0.15, -0.1) is 0 Å². The molecule has 4 heteroatoms. The SMILES string of the molecule is Clc1ccc(Br)c2c1oc1ncccc12. The molecular weight excluding hydrogens is 277 g/mol. The highest BCUT2D eigenvalue weighted by molar-refractivity contribution is 9.10. The van der Waals surface area contributed by atoms with Crippen molar-refractivity contribution in [3.63, 3.8) is 0 Å². The Bertz CT molecular complexity index is 662. The maximum absolute atomic E-state index is 6.06. The first-order valence-electron chi connectivity index (χ1n) is 4.38. The van der Waals surface area contributed by atoms with Crippen LogP contribution in [0.2, 0.25) is 5.02 Å². The summed E-state index contributed by atoms with van der Waals surface area (Å²) in [6, 6.07) is 7.56. The monoisotopic (exact) mass is 281 g/mol. The van der Waals surface area contributed by atoms with Crippen LogP contribution in [0.1, 0.15) is 0 Å². The van der Waals surface area contributed by atoms with Gasteiger partial charge in [0.25, 0.3) is 0 Å². The molecule has 3 rings (SSSR count). The zero-order valence-electron chi connectivity index (χ0n) is 7.50. The molecule has 0 amide bonds. The second-order valence-corrected chi connectivity index (χ2v) is 4.45. The number of fused-ring (bicyclic) bond motifs is 3. The minimum atomic E-state index is 0.603. The van der Waals surface area contributed by atoms with E-state index in [9.17, 15) is 0 Å². The van der Waals surface area contributed by atoms with Gasteiger partial charge in [0.1, 0.15) is 0 Å². The molecule has 0 aliphatic rings. The van der Waals surface area contributed by atoms with E-state index in [1.165, 1.54) is 0 Å². The van der Waals surface area contributed by atoms with Crippen LogP contribution in [-0.4, -0.2) is 4.98 Å². The molecule has 0 saturated carbocycles. The molecule has 2 aromatic heterocycles. The summed E-state index contributed by atoms with van der Waals surface area (Å²) in [6.07, 6.45) is 1.70. The van der Waals surface area contributed by atoms with Gasteiger partial charge in [-0.2, -0.15) is 0 Å². The quantitative estimate of drug-likeness (QED) is 0.611. The van der Waals surface area contributed by atoms with Gasteiger partial charge in [0.2, 0.25) is 5.71 Å². The number of pyridine rings is 1. The van der Waals surface area contributed by atoms with Gasteiger partial charge in [-0.25, -0.2) is 4.98 Å². The first kappa shape index (κ1) is 9.19. The molecule has 0 spiro atoms. The Kier molecular flexibility index (Phi) is 1.97. The third kappa shape index (κ3) is 1.27. The Labute approximate surface area is 99.0 Å². The van der Waals surface area contributed by atoms with Crippen molar-refractivity contribution in [3.05, 3.63) is 40.0 Å². The zero-order valence-corrected chi connectivity index (χ0v) is 9.84. The third-order valence-corrected chi connectivity index (χ3v) is 3.26. The van der Waals surface area contributed by atoms with Gasteiger partial charge < -0.3 is 4.42 Å². The molecule has 15 heavy (non-hydrogen) atoms. The normalized spacial score (nSPS) is 11.3. The Hall–Kier alpha value is -1.06. The van der Waals surface area contributed by atoms with E-state index in [4.69, 9.17) is 16.0 Å². The first-order valence-corrected chi connectivity index (χ1v) is 5.56. The van der Waals surface area contributed by atoms with Crippen molar-refractivity contribution in [2.24, 2.45) is 0 Å². The summed E-state index contributed by atoms with van der Waals surface area (Å²) in [5.74, 6) is 0. The Morgan fingerprint density at radius 3 is 3.00 bits per heavy atom. The molecular formula is C11H5BrClNO. The molecule has 0 saturated heterocycles. The lowest BCUT2D eigenvalue weighted by Gasteiger charge is -1.94. The lowest BCUT2D eigenvalue weighted by Crippen LogP contribution is -1.71. The highest BCUT2D eigenvalue weighted by Crippen LogP contribution is 2.36. The molecule has 3 aromatic rings. The number of benzene rings is 1. The van der Waals surface area contributed by atoms with Crippen LogP contribution in [0.5, 0.6) is 0 Å². The van der Waals surface area contributed by atoms with Crippen LogP contribution < -0.4 is 0 Å². The smallest absolute Gasteiger partial charge is 0.227 e. The van der Waals surface area contributed by atoms with Crippen molar-refractivity contribution in [2.75, 3.05) is 0 Å². The van der Waals surface area contributed by atoms with Crippen molar-refractivity contribution in [3.8, 4) is 0 Å². The fraction of sp³-hybridized carbons (Fsp3) is 0. The second-order valence-electron chi connectivity index (χ2n) is 3.19. The van der Waals surface area contributed by atoms with Gasteiger partial charge in [0.15, 0.2) is 5.58 Å². The number of furan rings is 1. The predicted octanol–water partition coefficient (Wildman–Crippen LogP) is 4.40. The summed E-state index contributed by atoms with van der Waals surface area (Å²) in [5.41, 5.74) is 1.29. The fourth-order valence-corrected chi connectivity index (χ4v) is 2.36. The molecule has 74 valence electrons. The van der Waals surface area contributed by atoms with Gasteiger partial charge in [0.05, 0.1) is 5.02 Å². The van der Waals surface area contributed by atoms with E-state index < -0.39 is 0 Å². The van der Waals surface area contributed by atoms with E-state index in [0.717, 1.165) is 15.2 Å². The summed E-state index contributed by atoms with van der Waals surface area (Å²) in [4.78, 5) is 4.15. The average Bonchev–Trinajstić information content (AvgIpc) is 2.64.